The minimum absolute atomic E-state index is 0.0301. The molecule has 1 saturated heterocycles. The molecule has 4 rings (SSSR count). The van der Waals surface area contributed by atoms with Crippen LogP contribution in [0.25, 0.3) is 5.76 Å². The number of halogens is 2. The van der Waals surface area contributed by atoms with Crippen molar-refractivity contribution in [3.8, 4) is 5.75 Å². The summed E-state index contributed by atoms with van der Waals surface area (Å²) >= 11 is 3.45. The molecule has 1 amide bonds. The smallest absolute Gasteiger partial charge is 0.295 e. The summed E-state index contributed by atoms with van der Waals surface area (Å²) in [4.78, 5) is 28.0. The van der Waals surface area contributed by atoms with Crippen LogP contribution in [-0.4, -0.2) is 34.3 Å². The number of ether oxygens (including phenoxy) is 1. The van der Waals surface area contributed by atoms with Crippen LogP contribution in [-0.2, 0) is 16.0 Å². The average molecular weight is 552 g/mol. The number of carbonyl (C=O) groups excluding carboxylic acids is 2. The second-order valence-corrected chi connectivity index (χ2v) is 9.93. The Morgan fingerprint density at radius 3 is 2.47 bits per heavy atom. The summed E-state index contributed by atoms with van der Waals surface area (Å²) in [6, 6.07) is 17.7. The lowest BCUT2D eigenvalue weighted by atomic mass is 9.94. The first kappa shape index (κ1) is 25.6. The number of hydrogen-bond acceptors (Lipinski definition) is 4. The molecule has 36 heavy (non-hydrogen) atoms. The van der Waals surface area contributed by atoms with Crippen molar-refractivity contribution in [3.05, 3.63) is 105 Å². The van der Waals surface area contributed by atoms with E-state index in [1.54, 1.807) is 42.5 Å². The molecule has 0 radical (unpaired) electrons. The van der Waals surface area contributed by atoms with Crippen molar-refractivity contribution < 1.29 is 23.8 Å². The van der Waals surface area contributed by atoms with Gasteiger partial charge in [-0.25, -0.2) is 4.39 Å². The molecule has 1 heterocycles. The third-order valence-corrected chi connectivity index (χ3v) is 6.96. The van der Waals surface area contributed by atoms with Gasteiger partial charge >= 0.3 is 0 Å². The molecule has 1 fully saturated rings. The Morgan fingerprint density at radius 2 is 1.81 bits per heavy atom. The Kier molecular flexibility index (Phi) is 7.59. The first-order valence-corrected chi connectivity index (χ1v) is 12.5. The van der Waals surface area contributed by atoms with Gasteiger partial charge in [-0.3, -0.25) is 9.59 Å². The Balaban J connectivity index is 1.80. The highest BCUT2D eigenvalue weighted by Crippen LogP contribution is 2.40. The summed E-state index contributed by atoms with van der Waals surface area (Å²) in [6.45, 7) is 5.92. The van der Waals surface area contributed by atoms with Gasteiger partial charge in [0.05, 0.1) is 17.7 Å². The number of likely N-dealkylation sites (tertiary alicyclic amines) is 1. The maximum absolute atomic E-state index is 13.3. The van der Waals surface area contributed by atoms with Crippen molar-refractivity contribution in [2.24, 2.45) is 0 Å². The molecule has 0 saturated carbocycles. The zero-order chi connectivity index (χ0) is 26.0. The van der Waals surface area contributed by atoms with Crippen molar-refractivity contribution >= 4 is 33.4 Å². The highest BCUT2D eigenvalue weighted by atomic mass is 79.9. The molecule has 3 aromatic carbocycles. The second kappa shape index (κ2) is 10.7. The number of hydrogen-bond donors (Lipinski definition) is 1. The molecule has 0 aromatic heterocycles. The minimum atomic E-state index is -0.801. The van der Waals surface area contributed by atoms with E-state index in [2.05, 4.69) is 15.9 Å². The predicted octanol–water partition coefficient (Wildman–Crippen LogP) is 6.35. The average Bonchev–Trinajstić information content (AvgIpc) is 3.09. The third kappa shape index (κ3) is 5.36. The van der Waals surface area contributed by atoms with Crippen LogP contribution in [0.5, 0.6) is 5.75 Å². The zero-order valence-corrected chi connectivity index (χ0v) is 21.9. The number of nitrogens with zero attached hydrogens (tertiary/aromatic N) is 1. The van der Waals surface area contributed by atoms with Gasteiger partial charge in [0.2, 0.25) is 0 Å². The first-order chi connectivity index (χ1) is 17.2. The molecule has 0 spiro atoms. The Hall–Kier alpha value is -3.45. The Bertz CT molecular complexity index is 1330. The van der Waals surface area contributed by atoms with Gasteiger partial charge in [-0.15, -0.1) is 0 Å². The summed E-state index contributed by atoms with van der Waals surface area (Å²) in [7, 11) is 0. The molecule has 7 heteroatoms. The summed E-state index contributed by atoms with van der Waals surface area (Å²) in [5.74, 6) is -1.40. The fraction of sp³-hybridized carbons (Fsp3) is 0.241. The largest absolute Gasteiger partial charge is 0.507 e. The van der Waals surface area contributed by atoms with Crippen molar-refractivity contribution in [2.75, 3.05) is 6.54 Å². The predicted molar refractivity (Wildman–Crippen MR) is 140 cm³/mol. The molecule has 0 aliphatic carbocycles. The molecule has 5 nitrogen and oxygen atoms in total. The van der Waals surface area contributed by atoms with Crippen LogP contribution in [0.3, 0.4) is 0 Å². The van der Waals surface area contributed by atoms with Crippen LogP contribution >= 0.6 is 15.9 Å². The third-order valence-electron chi connectivity index (χ3n) is 6.07. The van der Waals surface area contributed by atoms with E-state index in [-0.39, 0.29) is 29.8 Å². The molecule has 1 aliphatic heterocycles. The zero-order valence-electron chi connectivity index (χ0n) is 20.3. The molecule has 1 N–H and O–H groups in total. The normalized spacial score (nSPS) is 17.2. The minimum Gasteiger partial charge on any atom is -0.507 e. The maximum atomic E-state index is 13.3. The lowest BCUT2D eigenvalue weighted by molar-refractivity contribution is -0.139. The topological polar surface area (TPSA) is 66.8 Å². The lowest BCUT2D eigenvalue weighted by Crippen LogP contribution is -2.31. The van der Waals surface area contributed by atoms with Gasteiger partial charge < -0.3 is 14.7 Å². The van der Waals surface area contributed by atoms with E-state index in [4.69, 9.17) is 4.74 Å². The standard InChI is InChI=1S/C29H27BrFNO4/c1-17(2)36-23-6-4-5-20(16-23)26-25(27(33)21-9-12-24(30)18(3)15-21)28(34)29(35)32(26)14-13-19-7-10-22(31)11-8-19/h4-12,15-17,26,33H,13-14H2,1-3H3/b27-25-. The van der Waals surface area contributed by atoms with E-state index in [9.17, 15) is 19.1 Å². The van der Waals surface area contributed by atoms with E-state index >= 15 is 0 Å². The number of benzene rings is 3. The SMILES string of the molecule is Cc1cc(/C(O)=C2/C(=O)C(=O)N(CCc3ccc(F)cc3)C2c2cccc(OC(C)C)c2)ccc1Br. The van der Waals surface area contributed by atoms with Crippen LogP contribution in [0.2, 0.25) is 0 Å². The van der Waals surface area contributed by atoms with Crippen LogP contribution in [0.4, 0.5) is 4.39 Å². The molecule has 1 unspecified atom stereocenters. The van der Waals surface area contributed by atoms with Crippen LogP contribution < -0.4 is 4.74 Å². The number of ketones is 1. The monoisotopic (exact) mass is 551 g/mol. The van der Waals surface area contributed by atoms with Crippen LogP contribution in [0, 0.1) is 12.7 Å². The highest BCUT2D eigenvalue weighted by Gasteiger charge is 2.46. The number of rotatable bonds is 7. The molecule has 186 valence electrons. The van der Waals surface area contributed by atoms with E-state index in [1.165, 1.54) is 17.0 Å². The highest BCUT2D eigenvalue weighted by molar-refractivity contribution is 9.10. The van der Waals surface area contributed by atoms with E-state index < -0.39 is 17.7 Å². The van der Waals surface area contributed by atoms with Crippen molar-refractivity contribution in [1.29, 1.82) is 0 Å². The maximum Gasteiger partial charge on any atom is 0.295 e. The quantitative estimate of drug-likeness (QED) is 0.211. The summed E-state index contributed by atoms with van der Waals surface area (Å²) in [6.07, 6.45) is 0.361. The van der Waals surface area contributed by atoms with E-state index in [0.29, 0.717) is 23.3 Å². The van der Waals surface area contributed by atoms with Crippen LogP contribution in [0.15, 0.2) is 76.8 Å². The van der Waals surface area contributed by atoms with Crippen molar-refractivity contribution in [1.82, 2.24) is 4.90 Å². The molecular formula is C29H27BrFNO4. The molecule has 0 bridgehead atoms. The number of aryl methyl sites for hydroxylation is 1. The van der Waals surface area contributed by atoms with E-state index in [0.717, 1.165) is 15.6 Å². The van der Waals surface area contributed by atoms with Crippen molar-refractivity contribution in [3.63, 3.8) is 0 Å². The number of Topliss-reactive ketones (excluding diaryl/α,β-unsaturated/α-hetero) is 1. The number of amides is 1. The lowest BCUT2D eigenvalue weighted by Gasteiger charge is -2.26. The van der Waals surface area contributed by atoms with Gasteiger partial charge in [-0.05, 0) is 80.3 Å². The molecule has 1 atom stereocenters. The molecule has 1 aliphatic rings. The van der Waals surface area contributed by atoms with Gasteiger partial charge in [-0.2, -0.15) is 0 Å². The van der Waals surface area contributed by atoms with Gasteiger partial charge in [-0.1, -0.05) is 46.3 Å². The fourth-order valence-electron chi connectivity index (χ4n) is 4.34. The van der Waals surface area contributed by atoms with Gasteiger partial charge in [0.1, 0.15) is 17.3 Å². The van der Waals surface area contributed by atoms with E-state index in [1.807, 2.05) is 32.9 Å². The number of aliphatic hydroxyl groups is 1. The summed E-state index contributed by atoms with van der Waals surface area (Å²) in [5, 5.41) is 11.3. The summed E-state index contributed by atoms with van der Waals surface area (Å²) < 4.78 is 20.1. The van der Waals surface area contributed by atoms with Gasteiger partial charge in [0, 0.05) is 16.6 Å². The fourth-order valence-corrected chi connectivity index (χ4v) is 4.58. The van der Waals surface area contributed by atoms with Crippen molar-refractivity contribution in [2.45, 2.75) is 39.3 Å². The van der Waals surface area contributed by atoms with Gasteiger partial charge in [0.25, 0.3) is 11.7 Å². The second-order valence-electron chi connectivity index (χ2n) is 9.07. The molecular weight excluding hydrogens is 525 g/mol. The Labute approximate surface area is 218 Å². The Morgan fingerprint density at radius 1 is 1.08 bits per heavy atom. The molecule has 3 aromatic rings. The number of aliphatic hydroxyl groups excluding tert-OH is 1. The first-order valence-electron chi connectivity index (χ1n) is 11.7. The summed E-state index contributed by atoms with van der Waals surface area (Å²) in [5.41, 5.74) is 2.85. The van der Waals surface area contributed by atoms with Gasteiger partial charge in [0.15, 0.2) is 0 Å². The van der Waals surface area contributed by atoms with Crippen LogP contribution in [0.1, 0.15) is 42.1 Å². The number of carbonyl (C=O) groups is 2.